The Kier molecular flexibility index (Phi) is 3.22. The summed E-state index contributed by atoms with van der Waals surface area (Å²) < 4.78 is 0. The van der Waals surface area contributed by atoms with Gasteiger partial charge in [-0.05, 0) is 19.3 Å². The van der Waals surface area contributed by atoms with Crippen molar-refractivity contribution in [1.82, 2.24) is 10.2 Å². The number of imide groups is 2. The van der Waals surface area contributed by atoms with Crippen molar-refractivity contribution in [3.8, 4) is 12.1 Å². The van der Waals surface area contributed by atoms with Gasteiger partial charge in [-0.2, -0.15) is 10.5 Å². The fourth-order valence-electron chi connectivity index (χ4n) is 4.29. The molecule has 1 N–H and O–H groups in total. The number of carbonyl (C=O) groups is 4. The van der Waals surface area contributed by atoms with E-state index in [2.05, 4.69) is 5.32 Å². The molecule has 4 atom stereocenters. The van der Waals surface area contributed by atoms with Gasteiger partial charge in [0.15, 0.2) is 0 Å². The van der Waals surface area contributed by atoms with Crippen molar-refractivity contribution in [3.05, 3.63) is 0 Å². The molecule has 3 fully saturated rings. The molecule has 1 aliphatic carbocycles. The molecule has 23 heavy (non-hydrogen) atoms. The van der Waals surface area contributed by atoms with E-state index in [1.165, 1.54) is 7.05 Å². The molecule has 1 saturated carbocycles. The van der Waals surface area contributed by atoms with E-state index in [1.54, 1.807) is 0 Å². The van der Waals surface area contributed by atoms with E-state index in [9.17, 15) is 29.7 Å². The minimum Gasteiger partial charge on any atom is -0.294 e. The summed E-state index contributed by atoms with van der Waals surface area (Å²) in [6.45, 7) is 0. The van der Waals surface area contributed by atoms with Crippen molar-refractivity contribution in [2.45, 2.75) is 19.3 Å². The molecule has 4 amide bonds. The first-order valence-electron chi connectivity index (χ1n) is 7.32. The maximum absolute atomic E-state index is 12.3. The number of nitrogens with one attached hydrogen (secondary N) is 1. The first-order valence-corrected chi connectivity index (χ1v) is 7.32. The molecular weight excluding hydrogens is 300 g/mol. The SMILES string of the molecule is CN1C(=O)[C@H]2CCC3(C[C@@H]2C1=O)[C@@H](C#N)C(=O)NC(=O)[C@@H]3C#N. The van der Waals surface area contributed by atoms with Gasteiger partial charge in [0.05, 0.1) is 24.0 Å². The molecule has 1 spiro atoms. The summed E-state index contributed by atoms with van der Waals surface area (Å²) in [4.78, 5) is 49.5. The molecular formula is C15H14N4O4. The number of piperidine rings is 1. The summed E-state index contributed by atoms with van der Waals surface area (Å²) in [6.07, 6.45) is 0.537. The second-order valence-electron chi connectivity index (χ2n) is 6.40. The molecule has 0 aromatic carbocycles. The molecule has 2 aliphatic heterocycles. The number of fused-ring (bicyclic) bond motifs is 1. The average molecular weight is 314 g/mol. The summed E-state index contributed by atoms with van der Waals surface area (Å²) >= 11 is 0. The fraction of sp³-hybridized carbons (Fsp3) is 0.600. The Labute approximate surface area is 132 Å². The molecule has 2 saturated heterocycles. The lowest BCUT2D eigenvalue weighted by Crippen LogP contribution is -2.59. The molecule has 0 unspecified atom stereocenters. The lowest BCUT2D eigenvalue weighted by molar-refractivity contribution is -0.150. The van der Waals surface area contributed by atoms with Crippen LogP contribution in [-0.2, 0) is 19.2 Å². The molecule has 8 nitrogen and oxygen atoms in total. The number of amides is 4. The van der Waals surface area contributed by atoms with Crippen LogP contribution in [0.25, 0.3) is 0 Å². The Balaban J connectivity index is 2.06. The predicted octanol–water partition coefficient (Wildman–Crippen LogP) is -0.676. The summed E-state index contributed by atoms with van der Waals surface area (Å²) in [5, 5.41) is 20.8. The van der Waals surface area contributed by atoms with Gasteiger partial charge in [-0.3, -0.25) is 29.4 Å². The zero-order valence-corrected chi connectivity index (χ0v) is 12.4. The number of nitrogens with zero attached hydrogens (tertiary/aromatic N) is 3. The number of nitriles is 2. The van der Waals surface area contributed by atoms with Crippen LogP contribution in [-0.4, -0.2) is 35.6 Å². The summed E-state index contributed by atoms with van der Waals surface area (Å²) in [5.41, 5.74) is -1.20. The molecule has 0 aromatic heterocycles. The van der Waals surface area contributed by atoms with E-state index in [0.29, 0.717) is 0 Å². The standard InChI is InChI=1S/C15H14N4O4/c1-19-13(22)7-2-3-15(4-8(7)14(19)23)9(5-16)11(20)18-12(21)10(15)6-17/h7-10H,2-4H2,1H3,(H,18,20,21)/t7-,8-,9-,10-/m0/s1. The van der Waals surface area contributed by atoms with Gasteiger partial charge in [0, 0.05) is 12.5 Å². The van der Waals surface area contributed by atoms with Gasteiger partial charge in [-0.25, -0.2) is 0 Å². The second-order valence-corrected chi connectivity index (χ2v) is 6.40. The Hall–Kier alpha value is -2.74. The van der Waals surface area contributed by atoms with E-state index in [4.69, 9.17) is 0 Å². The highest BCUT2D eigenvalue weighted by Gasteiger charge is 2.62. The highest BCUT2D eigenvalue weighted by molar-refractivity contribution is 6.06. The number of hydrogen-bond donors (Lipinski definition) is 1. The molecule has 118 valence electrons. The average Bonchev–Trinajstić information content (AvgIpc) is 2.72. The van der Waals surface area contributed by atoms with Crippen molar-refractivity contribution in [2.24, 2.45) is 29.1 Å². The molecule has 0 bridgehead atoms. The molecule has 0 aromatic rings. The summed E-state index contributed by atoms with van der Waals surface area (Å²) in [6, 6.07) is 3.78. The summed E-state index contributed by atoms with van der Waals surface area (Å²) in [5.74, 6) is -5.63. The maximum atomic E-state index is 12.3. The van der Waals surface area contributed by atoms with Gasteiger partial charge in [0.1, 0.15) is 11.8 Å². The fourth-order valence-corrected chi connectivity index (χ4v) is 4.29. The van der Waals surface area contributed by atoms with E-state index in [-0.39, 0.29) is 31.1 Å². The zero-order chi connectivity index (χ0) is 16.9. The highest BCUT2D eigenvalue weighted by atomic mass is 16.2. The van der Waals surface area contributed by atoms with E-state index in [1.807, 2.05) is 12.1 Å². The molecule has 3 rings (SSSR count). The number of rotatable bonds is 0. The van der Waals surface area contributed by atoms with E-state index in [0.717, 1.165) is 4.90 Å². The molecule has 8 heteroatoms. The van der Waals surface area contributed by atoms with Crippen molar-refractivity contribution in [2.75, 3.05) is 7.05 Å². The lowest BCUT2D eigenvalue weighted by atomic mass is 9.54. The van der Waals surface area contributed by atoms with Crippen molar-refractivity contribution < 1.29 is 19.2 Å². The van der Waals surface area contributed by atoms with Crippen LogP contribution >= 0.6 is 0 Å². The minimum atomic E-state index is -1.20. The van der Waals surface area contributed by atoms with Crippen LogP contribution in [0.3, 0.4) is 0 Å². The normalized spacial score (nSPS) is 35.5. The van der Waals surface area contributed by atoms with Crippen LogP contribution in [0.2, 0.25) is 0 Å². The monoisotopic (exact) mass is 314 g/mol. The maximum Gasteiger partial charge on any atom is 0.244 e. The van der Waals surface area contributed by atoms with Gasteiger partial charge >= 0.3 is 0 Å². The highest BCUT2D eigenvalue weighted by Crippen LogP contribution is 2.55. The third-order valence-corrected chi connectivity index (χ3v) is 5.48. The topological polar surface area (TPSA) is 131 Å². The van der Waals surface area contributed by atoms with Gasteiger partial charge < -0.3 is 0 Å². The van der Waals surface area contributed by atoms with Crippen LogP contribution in [0.4, 0.5) is 0 Å². The van der Waals surface area contributed by atoms with Crippen LogP contribution in [0.5, 0.6) is 0 Å². The van der Waals surface area contributed by atoms with Crippen LogP contribution in [0, 0.1) is 51.7 Å². The van der Waals surface area contributed by atoms with Crippen molar-refractivity contribution >= 4 is 23.6 Å². The lowest BCUT2D eigenvalue weighted by Gasteiger charge is -2.47. The Morgan fingerprint density at radius 2 is 1.57 bits per heavy atom. The quantitative estimate of drug-likeness (QED) is 0.589. The zero-order valence-electron chi connectivity index (χ0n) is 12.4. The largest absolute Gasteiger partial charge is 0.294 e. The third-order valence-electron chi connectivity index (χ3n) is 5.48. The van der Waals surface area contributed by atoms with Crippen molar-refractivity contribution in [3.63, 3.8) is 0 Å². The number of hydrogen-bond acceptors (Lipinski definition) is 6. The van der Waals surface area contributed by atoms with Gasteiger partial charge in [0.25, 0.3) is 0 Å². The number of likely N-dealkylation sites (tertiary alicyclic amines) is 1. The van der Waals surface area contributed by atoms with Crippen LogP contribution in [0.15, 0.2) is 0 Å². The Morgan fingerprint density at radius 1 is 1.04 bits per heavy atom. The molecule has 2 heterocycles. The van der Waals surface area contributed by atoms with E-state index >= 15 is 0 Å². The van der Waals surface area contributed by atoms with Gasteiger partial charge in [0.2, 0.25) is 23.6 Å². The van der Waals surface area contributed by atoms with Crippen LogP contribution in [0.1, 0.15) is 19.3 Å². The van der Waals surface area contributed by atoms with E-state index < -0.39 is 40.9 Å². The van der Waals surface area contributed by atoms with Gasteiger partial charge in [-0.1, -0.05) is 0 Å². The van der Waals surface area contributed by atoms with Gasteiger partial charge in [-0.15, -0.1) is 0 Å². The first kappa shape index (κ1) is 15.2. The van der Waals surface area contributed by atoms with Crippen molar-refractivity contribution in [1.29, 1.82) is 10.5 Å². The first-order chi connectivity index (χ1) is 10.9. The smallest absolute Gasteiger partial charge is 0.244 e. The predicted molar refractivity (Wildman–Crippen MR) is 72.4 cm³/mol. The molecule has 0 radical (unpaired) electrons. The molecule has 3 aliphatic rings. The summed E-state index contributed by atoms with van der Waals surface area (Å²) in [7, 11) is 1.40. The Morgan fingerprint density at radius 3 is 2.09 bits per heavy atom. The Bertz CT molecular complexity index is 684. The third kappa shape index (κ3) is 1.81. The number of carbonyl (C=O) groups excluding carboxylic acids is 4. The second kappa shape index (κ2) is 4.88. The minimum absolute atomic E-state index is 0.0300. The van der Waals surface area contributed by atoms with Crippen LogP contribution < -0.4 is 5.32 Å².